The number of hydrogen-bond acceptors (Lipinski definition) is 2. The van der Waals surface area contributed by atoms with Crippen LogP contribution < -0.4 is 4.90 Å². The van der Waals surface area contributed by atoms with E-state index in [2.05, 4.69) is 91.3 Å². The molecule has 0 radical (unpaired) electrons. The molecule has 4 aromatic carbocycles. The Morgan fingerprint density at radius 2 is 1.45 bits per heavy atom. The van der Waals surface area contributed by atoms with Crippen LogP contribution in [0, 0.1) is 0 Å². The molecule has 0 aliphatic carbocycles. The molecule has 0 aliphatic rings. The third-order valence-corrected chi connectivity index (χ3v) is 5.65. The number of allylic oxidation sites excluding steroid dienone is 2. The van der Waals surface area contributed by atoms with Crippen molar-refractivity contribution in [1.29, 1.82) is 0 Å². The van der Waals surface area contributed by atoms with Crippen LogP contribution in [0.3, 0.4) is 0 Å². The topological polar surface area (TPSA) is 16.4 Å². The molecule has 2 nitrogen and oxygen atoms in total. The van der Waals surface area contributed by atoms with E-state index in [1.54, 1.807) is 6.08 Å². The Morgan fingerprint density at radius 3 is 2.23 bits per heavy atom. The molecule has 0 saturated carbocycles. The second-order valence-electron chi connectivity index (χ2n) is 7.57. The van der Waals surface area contributed by atoms with Gasteiger partial charge in [0, 0.05) is 35.3 Å². The molecule has 0 N–H and O–H groups in total. The lowest BCUT2D eigenvalue weighted by Crippen LogP contribution is -2.09. The van der Waals surface area contributed by atoms with Crippen molar-refractivity contribution >= 4 is 39.4 Å². The average molecular weight is 402 g/mol. The third kappa shape index (κ3) is 3.53. The van der Waals surface area contributed by atoms with Crippen molar-refractivity contribution in [2.75, 3.05) is 11.9 Å². The SMILES string of the molecule is C=C/C=C/c1cc(N(C)c2ccc(-c3ccccc3)cc2)cc2oc3ccccc3c12. The minimum atomic E-state index is 0.884. The predicted octanol–water partition coefficient (Wildman–Crippen LogP) is 8.22. The quantitative estimate of drug-likeness (QED) is 0.276. The predicted molar refractivity (Wildman–Crippen MR) is 133 cm³/mol. The minimum absolute atomic E-state index is 0.884. The van der Waals surface area contributed by atoms with Gasteiger partial charge in [-0.15, -0.1) is 0 Å². The summed E-state index contributed by atoms with van der Waals surface area (Å²) in [6.45, 7) is 3.82. The van der Waals surface area contributed by atoms with E-state index in [1.807, 2.05) is 30.3 Å². The van der Waals surface area contributed by atoms with Gasteiger partial charge in [0.15, 0.2) is 0 Å². The van der Waals surface area contributed by atoms with Crippen LogP contribution in [0.2, 0.25) is 0 Å². The van der Waals surface area contributed by atoms with E-state index in [-0.39, 0.29) is 0 Å². The lowest BCUT2D eigenvalue weighted by atomic mass is 10.0. The number of benzene rings is 4. The molecule has 1 aromatic heterocycles. The molecular formula is C29H23NO. The van der Waals surface area contributed by atoms with Crippen LogP contribution in [-0.4, -0.2) is 7.05 Å². The maximum Gasteiger partial charge on any atom is 0.138 e. The Labute approximate surface area is 182 Å². The number of rotatable bonds is 5. The fourth-order valence-electron chi connectivity index (χ4n) is 4.03. The highest BCUT2D eigenvalue weighted by Crippen LogP contribution is 2.37. The number of para-hydroxylation sites is 1. The Hall–Kier alpha value is -4.04. The highest BCUT2D eigenvalue weighted by Gasteiger charge is 2.14. The van der Waals surface area contributed by atoms with Crippen molar-refractivity contribution in [3.8, 4) is 11.1 Å². The van der Waals surface area contributed by atoms with Crippen molar-refractivity contribution in [3.05, 3.63) is 115 Å². The van der Waals surface area contributed by atoms with E-state index in [0.717, 1.165) is 38.9 Å². The number of fused-ring (bicyclic) bond motifs is 3. The molecule has 0 atom stereocenters. The van der Waals surface area contributed by atoms with Gasteiger partial charge in [-0.3, -0.25) is 0 Å². The van der Waals surface area contributed by atoms with E-state index in [9.17, 15) is 0 Å². The Kier molecular flexibility index (Phi) is 4.89. The molecule has 150 valence electrons. The van der Waals surface area contributed by atoms with Gasteiger partial charge in [0.2, 0.25) is 0 Å². The fourth-order valence-corrected chi connectivity index (χ4v) is 4.03. The van der Waals surface area contributed by atoms with E-state index < -0.39 is 0 Å². The first-order valence-electron chi connectivity index (χ1n) is 10.4. The van der Waals surface area contributed by atoms with Gasteiger partial charge in [-0.1, -0.05) is 85.5 Å². The lowest BCUT2D eigenvalue weighted by Gasteiger charge is -2.20. The molecule has 5 aromatic rings. The molecule has 0 saturated heterocycles. The molecule has 31 heavy (non-hydrogen) atoms. The summed E-state index contributed by atoms with van der Waals surface area (Å²) in [6, 6.07) is 31.6. The first kappa shape index (κ1) is 19.0. The summed E-state index contributed by atoms with van der Waals surface area (Å²) in [6.07, 6.45) is 5.86. The van der Waals surface area contributed by atoms with Gasteiger partial charge in [-0.25, -0.2) is 0 Å². The van der Waals surface area contributed by atoms with E-state index >= 15 is 0 Å². The molecule has 5 rings (SSSR count). The van der Waals surface area contributed by atoms with Gasteiger partial charge in [0.25, 0.3) is 0 Å². The maximum absolute atomic E-state index is 6.19. The summed E-state index contributed by atoms with van der Waals surface area (Å²) in [5, 5.41) is 2.26. The van der Waals surface area contributed by atoms with Crippen LogP contribution in [0.15, 0.2) is 114 Å². The van der Waals surface area contributed by atoms with Gasteiger partial charge < -0.3 is 9.32 Å². The molecule has 0 unspecified atom stereocenters. The number of nitrogens with zero attached hydrogens (tertiary/aromatic N) is 1. The van der Waals surface area contributed by atoms with E-state index in [0.29, 0.717) is 0 Å². The molecule has 0 fully saturated rings. The van der Waals surface area contributed by atoms with Crippen molar-refractivity contribution in [2.24, 2.45) is 0 Å². The zero-order valence-electron chi connectivity index (χ0n) is 17.5. The van der Waals surface area contributed by atoms with E-state index in [4.69, 9.17) is 4.42 Å². The van der Waals surface area contributed by atoms with Crippen LogP contribution in [0.1, 0.15) is 5.56 Å². The van der Waals surface area contributed by atoms with Crippen LogP contribution in [0.4, 0.5) is 11.4 Å². The summed E-state index contributed by atoms with van der Waals surface area (Å²) in [4.78, 5) is 2.19. The standard InChI is InChI=1S/C29H23NO/c1-3-4-10-23-19-25(20-28-29(23)26-13-8-9-14-27(26)31-28)30(2)24-17-15-22(16-18-24)21-11-6-5-7-12-21/h3-20H,1H2,2H3/b10-4+. The molecule has 2 heteroatoms. The van der Waals surface area contributed by atoms with Gasteiger partial charge in [-0.05, 0) is 41.0 Å². The first-order valence-corrected chi connectivity index (χ1v) is 10.4. The zero-order chi connectivity index (χ0) is 21.2. The molecule has 0 amide bonds. The highest BCUT2D eigenvalue weighted by atomic mass is 16.3. The fraction of sp³-hybridized carbons (Fsp3) is 0.0345. The molecule has 0 spiro atoms. The van der Waals surface area contributed by atoms with Crippen LogP contribution in [-0.2, 0) is 0 Å². The van der Waals surface area contributed by atoms with E-state index in [1.165, 1.54) is 11.1 Å². The number of hydrogen-bond donors (Lipinski definition) is 0. The maximum atomic E-state index is 6.19. The first-order chi connectivity index (χ1) is 15.2. The Balaban J connectivity index is 1.58. The Morgan fingerprint density at radius 1 is 0.742 bits per heavy atom. The van der Waals surface area contributed by atoms with Crippen molar-refractivity contribution in [3.63, 3.8) is 0 Å². The van der Waals surface area contributed by atoms with Gasteiger partial charge in [0.1, 0.15) is 11.2 Å². The van der Waals surface area contributed by atoms with Crippen LogP contribution in [0.25, 0.3) is 39.1 Å². The zero-order valence-corrected chi connectivity index (χ0v) is 17.5. The Bertz CT molecular complexity index is 1390. The van der Waals surface area contributed by atoms with Gasteiger partial charge in [0.05, 0.1) is 0 Å². The third-order valence-electron chi connectivity index (χ3n) is 5.65. The summed E-state index contributed by atoms with van der Waals surface area (Å²) in [5.41, 5.74) is 7.52. The largest absolute Gasteiger partial charge is 0.456 e. The van der Waals surface area contributed by atoms with Crippen molar-refractivity contribution in [1.82, 2.24) is 0 Å². The average Bonchev–Trinajstić information content (AvgIpc) is 3.21. The second-order valence-corrected chi connectivity index (χ2v) is 7.57. The summed E-state index contributed by atoms with van der Waals surface area (Å²) in [5.74, 6) is 0. The summed E-state index contributed by atoms with van der Waals surface area (Å²) >= 11 is 0. The number of anilines is 2. The monoisotopic (exact) mass is 401 g/mol. The minimum Gasteiger partial charge on any atom is -0.456 e. The number of furan rings is 1. The van der Waals surface area contributed by atoms with Gasteiger partial charge >= 0.3 is 0 Å². The molecule has 1 heterocycles. The van der Waals surface area contributed by atoms with Crippen molar-refractivity contribution in [2.45, 2.75) is 0 Å². The second kappa shape index (κ2) is 8.00. The van der Waals surface area contributed by atoms with Crippen LogP contribution in [0.5, 0.6) is 0 Å². The normalized spacial score (nSPS) is 11.4. The highest BCUT2D eigenvalue weighted by molar-refractivity contribution is 6.10. The molecular weight excluding hydrogens is 378 g/mol. The smallest absolute Gasteiger partial charge is 0.138 e. The summed E-state index contributed by atoms with van der Waals surface area (Å²) < 4.78 is 6.19. The molecule has 0 bridgehead atoms. The van der Waals surface area contributed by atoms with Crippen molar-refractivity contribution < 1.29 is 4.42 Å². The van der Waals surface area contributed by atoms with Crippen LogP contribution >= 0.6 is 0 Å². The van der Waals surface area contributed by atoms with Gasteiger partial charge in [-0.2, -0.15) is 0 Å². The molecule has 0 aliphatic heterocycles. The lowest BCUT2D eigenvalue weighted by molar-refractivity contribution is 0.669. The summed E-state index contributed by atoms with van der Waals surface area (Å²) in [7, 11) is 2.09.